The Kier molecular flexibility index (Phi) is 5.90. The molecule has 2 N–H and O–H groups in total. The third-order valence-electron chi connectivity index (χ3n) is 6.25. The van der Waals surface area contributed by atoms with Crippen LogP contribution in [0.5, 0.6) is 0 Å². The van der Waals surface area contributed by atoms with Gasteiger partial charge in [0.2, 0.25) is 0 Å². The molecule has 0 spiro atoms. The molecule has 0 saturated carbocycles. The second kappa shape index (κ2) is 8.44. The highest BCUT2D eigenvalue weighted by molar-refractivity contribution is 6.32. The summed E-state index contributed by atoms with van der Waals surface area (Å²) in [6, 6.07) is 10.8. The first-order valence-corrected chi connectivity index (χ1v) is 11.1. The third-order valence-corrected chi connectivity index (χ3v) is 6.66. The van der Waals surface area contributed by atoms with E-state index < -0.39 is 0 Å². The lowest BCUT2D eigenvalue weighted by Crippen LogP contribution is -2.27. The van der Waals surface area contributed by atoms with Crippen LogP contribution < -0.4 is 10.9 Å². The average molecular weight is 424 g/mol. The highest BCUT2D eigenvalue weighted by Crippen LogP contribution is 2.34. The summed E-state index contributed by atoms with van der Waals surface area (Å²) in [5, 5.41) is 5.31. The normalized spacial score (nSPS) is 17.0. The lowest BCUT2D eigenvalue weighted by Gasteiger charge is -2.21. The van der Waals surface area contributed by atoms with E-state index in [4.69, 9.17) is 11.6 Å². The Hall–Kier alpha value is -2.30. The summed E-state index contributed by atoms with van der Waals surface area (Å²) in [5.74, 6) is 0. The van der Waals surface area contributed by atoms with Crippen LogP contribution in [0, 0.1) is 20.8 Å². The summed E-state index contributed by atoms with van der Waals surface area (Å²) in [5.41, 5.74) is 6.53. The summed E-state index contributed by atoms with van der Waals surface area (Å²) in [7, 11) is 2.20. The van der Waals surface area contributed by atoms with Crippen molar-refractivity contribution < 1.29 is 0 Å². The standard InChI is InChI=1S/C25H30ClN3O/c1-15-10-16(2)12-18(11-15)23-24(27-8-7-19-6-5-9-29(19)4)20-13-17(3)21(26)14-22(20)28-25(23)30/h10-14,19H,5-9H2,1-4H3,(H2,27,28,30). The largest absolute Gasteiger partial charge is 0.384 e. The number of aryl methyl sites for hydroxylation is 3. The molecule has 1 aliphatic heterocycles. The van der Waals surface area contributed by atoms with Gasteiger partial charge in [-0.2, -0.15) is 0 Å². The Morgan fingerprint density at radius 2 is 1.87 bits per heavy atom. The molecule has 2 aromatic carbocycles. The smallest absolute Gasteiger partial charge is 0.258 e. The van der Waals surface area contributed by atoms with Gasteiger partial charge >= 0.3 is 0 Å². The number of likely N-dealkylation sites (tertiary alicyclic amines) is 1. The van der Waals surface area contributed by atoms with Gasteiger partial charge in [0.15, 0.2) is 0 Å². The number of nitrogens with one attached hydrogen (secondary N) is 2. The molecule has 0 radical (unpaired) electrons. The number of hydrogen-bond donors (Lipinski definition) is 2. The van der Waals surface area contributed by atoms with Crippen molar-refractivity contribution in [1.82, 2.24) is 9.88 Å². The van der Waals surface area contributed by atoms with E-state index >= 15 is 0 Å². The van der Waals surface area contributed by atoms with Crippen molar-refractivity contribution >= 4 is 28.2 Å². The second-order valence-electron chi connectivity index (χ2n) is 8.72. The van der Waals surface area contributed by atoms with E-state index in [1.807, 2.05) is 13.0 Å². The maximum Gasteiger partial charge on any atom is 0.258 e. The minimum absolute atomic E-state index is 0.0899. The van der Waals surface area contributed by atoms with Gasteiger partial charge in [-0.25, -0.2) is 0 Å². The molecule has 1 aromatic heterocycles. The molecule has 158 valence electrons. The van der Waals surface area contributed by atoms with Crippen LogP contribution in [-0.4, -0.2) is 36.1 Å². The van der Waals surface area contributed by atoms with Gasteiger partial charge in [-0.3, -0.25) is 4.79 Å². The molecule has 5 heteroatoms. The molecule has 1 fully saturated rings. The highest BCUT2D eigenvalue weighted by atomic mass is 35.5. The third kappa shape index (κ3) is 4.12. The zero-order valence-corrected chi connectivity index (χ0v) is 19.0. The van der Waals surface area contributed by atoms with Crippen molar-refractivity contribution in [2.24, 2.45) is 0 Å². The fraction of sp³-hybridized carbons (Fsp3) is 0.400. The Bertz CT molecular complexity index is 1130. The number of H-pyrrole nitrogens is 1. The van der Waals surface area contributed by atoms with Crippen LogP contribution >= 0.6 is 11.6 Å². The predicted molar refractivity (Wildman–Crippen MR) is 128 cm³/mol. The molecule has 3 aromatic rings. The number of rotatable bonds is 5. The Balaban J connectivity index is 1.82. The van der Waals surface area contributed by atoms with E-state index in [1.165, 1.54) is 19.4 Å². The maximum absolute atomic E-state index is 13.2. The SMILES string of the molecule is Cc1cc(C)cc(-c2c(NCCC3CCCN3C)c3cc(C)c(Cl)cc3[nH]c2=O)c1. The van der Waals surface area contributed by atoms with Gasteiger partial charge in [-0.15, -0.1) is 0 Å². The van der Waals surface area contributed by atoms with Crippen LogP contribution in [0.1, 0.15) is 36.0 Å². The van der Waals surface area contributed by atoms with Crippen molar-refractivity contribution in [2.75, 3.05) is 25.5 Å². The van der Waals surface area contributed by atoms with E-state index in [0.717, 1.165) is 51.8 Å². The minimum atomic E-state index is -0.0899. The van der Waals surface area contributed by atoms with E-state index in [-0.39, 0.29) is 5.56 Å². The lowest BCUT2D eigenvalue weighted by molar-refractivity contribution is 0.301. The van der Waals surface area contributed by atoms with Crippen molar-refractivity contribution in [3.63, 3.8) is 0 Å². The fourth-order valence-corrected chi connectivity index (χ4v) is 4.87. The number of aromatic nitrogens is 1. The summed E-state index contributed by atoms with van der Waals surface area (Å²) in [6.07, 6.45) is 3.57. The molecule has 2 heterocycles. The molecule has 30 heavy (non-hydrogen) atoms. The molecular weight excluding hydrogens is 394 g/mol. The summed E-state index contributed by atoms with van der Waals surface area (Å²) in [6.45, 7) is 8.13. The zero-order chi connectivity index (χ0) is 21.4. The number of hydrogen-bond acceptors (Lipinski definition) is 3. The van der Waals surface area contributed by atoms with Gasteiger partial charge < -0.3 is 15.2 Å². The van der Waals surface area contributed by atoms with Crippen molar-refractivity contribution in [1.29, 1.82) is 0 Å². The molecule has 0 amide bonds. The monoisotopic (exact) mass is 423 g/mol. The Morgan fingerprint density at radius 1 is 1.13 bits per heavy atom. The quantitative estimate of drug-likeness (QED) is 0.555. The first-order valence-electron chi connectivity index (χ1n) is 10.7. The molecule has 1 aliphatic rings. The molecule has 4 rings (SSSR count). The maximum atomic E-state index is 13.2. The predicted octanol–water partition coefficient (Wildman–Crippen LogP) is 5.67. The number of aromatic amines is 1. The molecule has 0 bridgehead atoms. The summed E-state index contributed by atoms with van der Waals surface area (Å²) in [4.78, 5) is 18.7. The van der Waals surface area contributed by atoms with Gasteiger partial charge in [-0.05, 0) is 76.9 Å². The molecule has 4 nitrogen and oxygen atoms in total. The van der Waals surface area contributed by atoms with Gasteiger partial charge in [0.05, 0.1) is 16.8 Å². The van der Waals surface area contributed by atoms with Gasteiger partial charge in [0.1, 0.15) is 0 Å². The lowest BCUT2D eigenvalue weighted by atomic mass is 9.97. The average Bonchev–Trinajstić information content (AvgIpc) is 3.07. The van der Waals surface area contributed by atoms with Gasteiger partial charge in [-0.1, -0.05) is 40.9 Å². The van der Waals surface area contributed by atoms with Crippen LogP contribution in [0.4, 0.5) is 5.69 Å². The minimum Gasteiger partial charge on any atom is -0.384 e. The molecule has 0 aliphatic carbocycles. The number of nitrogens with zero attached hydrogens (tertiary/aromatic N) is 1. The Morgan fingerprint density at radius 3 is 2.53 bits per heavy atom. The first kappa shape index (κ1) is 21.0. The molecular formula is C25H30ClN3O. The van der Waals surface area contributed by atoms with Crippen molar-refractivity contribution in [3.05, 3.63) is 62.4 Å². The van der Waals surface area contributed by atoms with Crippen LogP contribution in [0.25, 0.3) is 22.0 Å². The summed E-state index contributed by atoms with van der Waals surface area (Å²) >= 11 is 6.35. The van der Waals surface area contributed by atoms with E-state index in [2.05, 4.69) is 60.4 Å². The second-order valence-corrected chi connectivity index (χ2v) is 9.13. The van der Waals surface area contributed by atoms with Crippen molar-refractivity contribution in [3.8, 4) is 11.1 Å². The van der Waals surface area contributed by atoms with Crippen molar-refractivity contribution in [2.45, 2.75) is 46.1 Å². The Labute approximate surface area is 183 Å². The number of fused-ring (bicyclic) bond motifs is 1. The molecule has 1 atom stereocenters. The van der Waals surface area contributed by atoms with E-state index in [9.17, 15) is 4.79 Å². The first-order chi connectivity index (χ1) is 14.3. The van der Waals surface area contributed by atoms with E-state index in [1.54, 1.807) is 0 Å². The van der Waals surface area contributed by atoms with Crippen LogP contribution in [0.2, 0.25) is 5.02 Å². The van der Waals surface area contributed by atoms with Crippen LogP contribution in [-0.2, 0) is 0 Å². The number of pyridine rings is 1. The molecule has 1 unspecified atom stereocenters. The fourth-order valence-electron chi connectivity index (χ4n) is 4.71. The number of anilines is 1. The van der Waals surface area contributed by atoms with E-state index in [0.29, 0.717) is 16.6 Å². The van der Waals surface area contributed by atoms with Crippen LogP contribution in [0.3, 0.4) is 0 Å². The number of benzene rings is 2. The van der Waals surface area contributed by atoms with Crippen LogP contribution in [0.15, 0.2) is 35.1 Å². The highest BCUT2D eigenvalue weighted by Gasteiger charge is 2.21. The zero-order valence-electron chi connectivity index (χ0n) is 18.2. The summed E-state index contributed by atoms with van der Waals surface area (Å²) < 4.78 is 0. The molecule has 1 saturated heterocycles. The topological polar surface area (TPSA) is 48.1 Å². The number of halogens is 1. The van der Waals surface area contributed by atoms with Gasteiger partial charge in [0, 0.05) is 23.0 Å². The van der Waals surface area contributed by atoms with Gasteiger partial charge in [0.25, 0.3) is 5.56 Å².